The van der Waals surface area contributed by atoms with Crippen LogP contribution in [-0.2, 0) is 6.42 Å². The van der Waals surface area contributed by atoms with E-state index in [1.807, 2.05) is 0 Å². The number of thiophene rings is 1. The third kappa shape index (κ3) is 3.65. The molecular weight excluding hydrogens is 288 g/mol. The van der Waals surface area contributed by atoms with E-state index in [2.05, 4.69) is 66.0 Å². The van der Waals surface area contributed by atoms with Gasteiger partial charge in [-0.3, -0.25) is 0 Å². The highest BCUT2D eigenvalue weighted by Gasteiger charge is 2.01. The van der Waals surface area contributed by atoms with Gasteiger partial charge in [0.1, 0.15) is 0 Å². The Kier molecular flexibility index (Phi) is 5.04. The average molecular weight is 308 g/mol. The number of benzene rings is 2. The van der Waals surface area contributed by atoms with Crippen molar-refractivity contribution in [3.05, 3.63) is 71.6 Å². The molecule has 22 heavy (non-hydrogen) atoms. The second-order valence-electron chi connectivity index (χ2n) is 5.43. The van der Waals surface area contributed by atoms with Crippen LogP contribution in [0.4, 0.5) is 0 Å². The summed E-state index contributed by atoms with van der Waals surface area (Å²) < 4.78 is 0. The van der Waals surface area contributed by atoms with Gasteiger partial charge in [0, 0.05) is 11.5 Å². The summed E-state index contributed by atoms with van der Waals surface area (Å²) in [6.45, 7) is 0.286. The van der Waals surface area contributed by atoms with Crippen LogP contribution < -0.4 is 0 Å². The first kappa shape index (κ1) is 15.0. The molecule has 0 saturated heterocycles. The molecular formula is C20H20OS. The molecule has 0 unspecified atom stereocenters. The molecule has 1 heterocycles. The van der Waals surface area contributed by atoms with Crippen molar-refractivity contribution in [2.45, 2.75) is 19.3 Å². The number of aliphatic hydroxyl groups is 1. The molecule has 1 N–H and O–H groups in total. The SMILES string of the molecule is OCCCCc1ccc(-c2ccc(-c3cccs3)cc2)cc1. The molecule has 0 spiro atoms. The van der Waals surface area contributed by atoms with Crippen LogP contribution in [0, 0.1) is 0 Å². The topological polar surface area (TPSA) is 20.2 Å². The molecule has 112 valence electrons. The summed E-state index contributed by atoms with van der Waals surface area (Å²) in [4.78, 5) is 1.31. The van der Waals surface area contributed by atoms with Gasteiger partial charge in [0.05, 0.1) is 0 Å². The van der Waals surface area contributed by atoms with Crippen LogP contribution in [0.25, 0.3) is 21.6 Å². The van der Waals surface area contributed by atoms with Crippen LogP contribution >= 0.6 is 11.3 Å². The predicted molar refractivity (Wildman–Crippen MR) is 95.2 cm³/mol. The normalized spacial score (nSPS) is 10.8. The molecule has 1 aromatic heterocycles. The Hall–Kier alpha value is -1.90. The van der Waals surface area contributed by atoms with Gasteiger partial charge in [-0.2, -0.15) is 0 Å². The fourth-order valence-electron chi connectivity index (χ4n) is 2.57. The lowest BCUT2D eigenvalue weighted by Gasteiger charge is -2.06. The largest absolute Gasteiger partial charge is 0.396 e. The minimum absolute atomic E-state index is 0.286. The van der Waals surface area contributed by atoms with Crippen LogP contribution in [0.1, 0.15) is 18.4 Å². The first-order valence-corrected chi connectivity index (χ1v) is 8.59. The van der Waals surface area contributed by atoms with Gasteiger partial charge in [-0.15, -0.1) is 11.3 Å². The smallest absolute Gasteiger partial charge is 0.0431 e. The highest BCUT2D eigenvalue weighted by Crippen LogP contribution is 2.28. The number of hydrogen-bond donors (Lipinski definition) is 1. The van der Waals surface area contributed by atoms with Crippen molar-refractivity contribution in [1.29, 1.82) is 0 Å². The number of rotatable bonds is 6. The lowest BCUT2D eigenvalue weighted by molar-refractivity contribution is 0.284. The van der Waals surface area contributed by atoms with E-state index in [0.717, 1.165) is 19.3 Å². The van der Waals surface area contributed by atoms with Crippen LogP contribution in [0.2, 0.25) is 0 Å². The maximum Gasteiger partial charge on any atom is 0.0431 e. The van der Waals surface area contributed by atoms with E-state index in [9.17, 15) is 0 Å². The van der Waals surface area contributed by atoms with Gasteiger partial charge >= 0.3 is 0 Å². The Balaban J connectivity index is 1.71. The Morgan fingerprint density at radius 2 is 1.36 bits per heavy atom. The Morgan fingerprint density at radius 1 is 0.727 bits per heavy atom. The second-order valence-corrected chi connectivity index (χ2v) is 6.38. The van der Waals surface area contributed by atoms with E-state index < -0.39 is 0 Å². The Bertz CT molecular complexity index is 682. The molecule has 3 aromatic rings. The molecule has 0 fully saturated rings. The van der Waals surface area contributed by atoms with Crippen LogP contribution in [-0.4, -0.2) is 11.7 Å². The van der Waals surface area contributed by atoms with E-state index in [-0.39, 0.29) is 6.61 Å². The standard InChI is InChI=1S/C20H20OS/c21-14-2-1-4-16-6-8-17(9-7-16)18-10-12-19(13-11-18)20-5-3-15-22-20/h3,5-13,15,21H,1-2,4,14H2. The fourth-order valence-corrected chi connectivity index (χ4v) is 3.31. The second kappa shape index (κ2) is 7.39. The summed E-state index contributed by atoms with van der Waals surface area (Å²) in [5.74, 6) is 0. The van der Waals surface area contributed by atoms with Crippen molar-refractivity contribution < 1.29 is 5.11 Å². The van der Waals surface area contributed by atoms with E-state index in [0.29, 0.717) is 0 Å². The van der Waals surface area contributed by atoms with Crippen LogP contribution in [0.3, 0.4) is 0 Å². The van der Waals surface area contributed by atoms with Gasteiger partial charge in [0.15, 0.2) is 0 Å². The maximum atomic E-state index is 8.83. The summed E-state index contributed by atoms with van der Waals surface area (Å²) in [5.41, 5.74) is 5.12. The van der Waals surface area contributed by atoms with Crippen molar-refractivity contribution in [2.75, 3.05) is 6.61 Å². The van der Waals surface area contributed by atoms with Crippen LogP contribution in [0.5, 0.6) is 0 Å². The quantitative estimate of drug-likeness (QED) is 0.605. The molecule has 0 saturated carbocycles. The van der Waals surface area contributed by atoms with E-state index in [1.165, 1.54) is 27.1 Å². The van der Waals surface area contributed by atoms with Gasteiger partial charge in [-0.25, -0.2) is 0 Å². The average Bonchev–Trinajstić information content (AvgIpc) is 3.11. The molecule has 0 amide bonds. The van der Waals surface area contributed by atoms with Gasteiger partial charge in [-0.1, -0.05) is 54.6 Å². The highest BCUT2D eigenvalue weighted by molar-refractivity contribution is 7.13. The Labute approximate surface area is 135 Å². The van der Waals surface area contributed by atoms with Crippen LogP contribution in [0.15, 0.2) is 66.0 Å². The third-order valence-electron chi connectivity index (χ3n) is 3.85. The number of hydrogen-bond acceptors (Lipinski definition) is 2. The van der Waals surface area contributed by atoms with Gasteiger partial charge in [-0.05, 0) is 53.0 Å². The molecule has 3 rings (SSSR count). The van der Waals surface area contributed by atoms with Gasteiger partial charge in [0.25, 0.3) is 0 Å². The summed E-state index contributed by atoms with van der Waals surface area (Å²) in [7, 11) is 0. The minimum atomic E-state index is 0.286. The molecule has 2 heteroatoms. The van der Waals surface area contributed by atoms with Crippen molar-refractivity contribution in [1.82, 2.24) is 0 Å². The highest BCUT2D eigenvalue weighted by atomic mass is 32.1. The zero-order chi connectivity index (χ0) is 15.2. The van der Waals surface area contributed by atoms with E-state index in [1.54, 1.807) is 11.3 Å². The third-order valence-corrected chi connectivity index (χ3v) is 4.77. The zero-order valence-corrected chi connectivity index (χ0v) is 13.4. The van der Waals surface area contributed by atoms with Crippen molar-refractivity contribution in [2.24, 2.45) is 0 Å². The minimum Gasteiger partial charge on any atom is -0.396 e. The summed E-state index contributed by atoms with van der Waals surface area (Å²) >= 11 is 1.77. The zero-order valence-electron chi connectivity index (χ0n) is 12.5. The first-order chi connectivity index (χ1) is 10.9. The lowest BCUT2D eigenvalue weighted by atomic mass is 10.0. The predicted octanol–water partition coefficient (Wildman–Crippen LogP) is 5.40. The van der Waals surface area contributed by atoms with E-state index in [4.69, 9.17) is 5.11 Å². The first-order valence-electron chi connectivity index (χ1n) is 7.71. The molecule has 0 aliphatic carbocycles. The molecule has 0 bridgehead atoms. The molecule has 0 atom stereocenters. The molecule has 0 radical (unpaired) electrons. The van der Waals surface area contributed by atoms with Gasteiger partial charge in [0.2, 0.25) is 0 Å². The Morgan fingerprint density at radius 3 is 1.95 bits per heavy atom. The molecule has 0 aliphatic rings. The number of aliphatic hydroxyl groups excluding tert-OH is 1. The maximum absolute atomic E-state index is 8.83. The summed E-state index contributed by atoms with van der Waals surface area (Å²) in [6.07, 6.45) is 2.97. The number of unbranched alkanes of at least 4 members (excludes halogenated alkanes) is 1. The van der Waals surface area contributed by atoms with Crippen molar-refractivity contribution >= 4 is 11.3 Å². The fraction of sp³-hybridized carbons (Fsp3) is 0.200. The lowest BCUT2D eigenvalue weighted by Crippen LogP contribution is -1.88. The van der Waals surface area contributed by atoms with Gasteiger partial charge < -0.3 is 5.11 Å². The van der Waals surface area contributed by atoms with Crippen molar-refractivity contribution in [3.8, 4) is 21.6 Å². The summed E-state index contributed by atoms with van der Waals surface area (Å²) in [6, 6.07) is 21.8. The molecule has 0 aliphatic heterocycles. The van der Waals surface area contributed by atoms with Crippen molar-refractivity contribution in [3.63, 3.8) is 0 Å². The monoisotopic (exact) mass is 308 g/mol. The number of aryl methyl sites for hydroxylation is 1. The molecule has 2 aromatic carbocycles. The van der Waals surface area contributed by atoms with E-state index >= 15 is 0 Å². The summed E-state index contributed by atoms with van der Waals surface area (Å²) in [5, 5.41) is 10.9. The molecule has 1 nitrogen and oxygen atoms in total.